The van der Waals surface area contributed by atoms with Crippen molar-refractivity contribution in [3.8, 4) is 0 Å². The highest BCUT2D eigenvalue weighted by Gasteiger charge is 2.51. The predicted molar refractivity (Wildman–Crippen MR) is 87.2 cm³/mol. The molecule has 3 heteroatoms. The van der Waals surface area contributed by atoms with Crippen molar-refractivity contribution in [1.82, 2.24) is 14.7 Å². The molecule has 0 radical (unpaired) electrons. The quantitative estimate of drug-likeness (QED) is 0.786. The molecule has 1 spiro atoms. The third kappa shape index (κ3) is 3.55. The van der Waals surface area contributed by atoms with E-state index in [0.717, 1.165) is 12.0 Å². The lowest BCUT2D eigenvalue weighted by molar-refractivity contribution is -0.127. The van der Waals surface area contributed by atoms with E-state index in [2.05, 4.69) is 35.6 Å². The van der Waals surface area contributed by atoms with Crippen LogP contribution in [0.2, 0.25) is 0 Å². The van der Waals surface area contributed by atoms with Crippen LogP contribution < -0.4 is 0 Å². The van der Waals surface area contributed by atoms with Gasteiger partial charge in [0.15, 0.2) is 0 Å². The van der Waals surface area contributed by atoms with Gasteiger partial charge in [0.2, 0.25) is 0 Å². The average Bonchev–Trinajstić information content (AvgIpc) is 2.35. The van der Waals surface area contributed by atoms with Gasteiger partial charge in [-0.05, 0) is 38.9 Å². The SMILES string of the molecule is CC.CC(C)CN1CCC(N2CC3(CN(C)C3)C2)CC1. The van der Waals surface area contributed by atoms with Gasteiger partial charge in [-0.15, -0.1) is 0 Å². The van der Waals surface area contributed by atoms with Gasteiger partial charge in [0, 0.05) is 44.2 Å². The molecule has 118 valence electrons. The minimum Gasteiger partial charge on any atom is -0.305 e. The van der Waals surface area contributed by atoms with E-state index in [9.17, 15) is 0 Å². The maximum absolute atomic E-state index is 2.76. The zero-order valence-electron chi connectivity index (χ0n) is 14.4. The fraction of sp³-hybridized carbons (Fsp3) is 1.00. The minimum absolute atomic E-state index is 0.712. The number of hydrogen-bond acceptors (Lipinski definition) is 3. The standard InChI is InChI=1S/C15H29N3.C2H6/c1-13(2)8-17-6-4-14(5-7-17)18-11-15(12-18)9-16(3)10-15;1-2/h13-14H,4-12H2,1-3H3;1-2H3. The van der Waals surface area contributed by atoms with E-state index in [4.69, 9.17) is 0 Å². The van der Waals surface area contributed by atoms with E-state index in [0.29, 0.717) is 5.41 Å². The molecule has 0 aliphatic carbocycles. The van der Waals surface area contributed by atoms with Crippen molar-refractivity contribution >= 4 is 0 Å². The van der Waals surface area contributed by atoms with Crippen molar-refractivity contribution in [3.63, 3.8) is 0 Å². The molecule has 0 saturated carbocycles. The lowest BCUT2D eigenvalue weighted by Crippen LogP contribution is -2.73. The summed E-state index contributed by atoms with van der Waals surface area (Å²) in [5, 5.41) is 0. The third-order valence-corrected chi connectivity index (χ3v) is 4.98. The number of likely N-dealkylation sites (tertiary alicyclic amines) is 3. The predicted octanol–water partition coefficient (Wildman–Crippen LogP) is 2.38. The Kier molecular flexibility index (Phi) is 5.49. The van der Waals surface area contributed by atoms with Gasteiger partial charge in [0.05, 0.1) is 0 Å². The highest BCUT2D eigenvalue weighted by Crippen LogP contribution is 2.40. The first-order chi connectivity index (χ1) is 9.56. The van der Waals surface area contributed by atoms with Crippen molar-refractivity contribution < 1.29 is 0 Å². The van der Waals surface area contributed by atoms with Gasteiger partial charge in [-0.3, -0.25) is 4.90 Å². The van der Waals surface area contributed by atoms with Crippen LogP contribution >= 0.6 is 0 Å². The van der Waals surface area contributed by atoms with Crippen LogP contribution in [-0.4, -0.2) is 73.6 Å². The molecule has 3 rings (SSSR count). The van der Waals surface area contributed by atoms with Gasteiger partial charge in [-0.2, -0.15) is 0 Å². The van der Waals surface area contributed by atoms with Crippen LogP contribution in [0, 0.1) is 11.3 Å². The van der Waals surface area contributed by atoms with Crippen molar-refractivity contribution in [3.05, 3.63) is 0 Å². The highest BCUT2D eigenvalue weighted by atomic mass is 15.3. The summed E-state index contributed by atoms with van der Waals surface area (Å²) in [6, 6.07) is 0.893. The molecule has 0 unspecified atom stereocenters. The minimum atomic E-state index is 0.712. The average molecular weight is 281 g/mol. The molecule has 0 amide bonds. The van der Waals surface area contributed by atoms with Crippen LogP contribution in [-0.2, 0) is 0 Å². The first-order valence-corrected chi connectivity index (χ1v) is 8.71. The molecule has 20 heavy (non-hydrogen) atoms. The first kappa shape index (κ1) is 16.3. The van der Waals surface area contributed by atoms with Crippen LogP contribution in [0.1, 0.15) is 40.5 Å². The van der Waals surface area contributed by atoms with Crippen molar-refractivity contribution in [2.24, 2.45) is 11.3 Å². The molecule has 3 heterocycles. The summed E-state index contributed by atoms with van der Waals surface area (Å²) in [7, 11) is 2.25. The van der Waals surface area contributed by atoms with Crippen LogP contribution in [0.5, 0.6) is 0 Å². The summed E-state index contributed by atoms with van der Waals surface area (Å²) >= 11 is 0. The van der Waals surface area contributed by atoms with E-state index in [1.807, 2.05) is 13.8 Å². The van der Waals surface area contributed by atoms with E-state index >= 15 is 0 Å². The van der Waals surface area contributed by atoms with Crippen LogP contribution in [0.3, 0.4) is 0 Å². The summed E-state index contributed by atoms with van der Waals surface area (Å²) in [5.41, 5.74) is 0.712. The van der Waals surface area contributed by atoms with E-state index in [1.54, 1.807) is 0 Å². The molecule has 0 N–H and O–H groups in total. The number of nitrogens with zero attached hydrogens (tertiary/aromatic N) is 3. The molecule has 0 aromatic heterocycles. The molecular weight excluding hydrogens is 246 g/mol. The summed E-state index contributed by atoms with van der Waals surface area (Å²) < 4.78 is 0. The van der Waals surface area contributed by atoms with E-state index in [1.165, 1.54) is 58.7 Å². The van der Waals surface area contributed by atoms with Crippen LogP contribution in [0.15, 0.2) is 0 Å². The summed E-state index contributed by atoms with van der Waals surface area (Å²) in [5.74, 6) is 0.819. The Labute approximate surface area is 126 Å². The molecule has 0 atom stereocenters. The largest absolute Gasteiger partial charge is 0.305 e. The molecule has 0 aromatic rings. The summed E-state index contributed by atoms with van der Waals surface area (Å²) in [6.45, 7) is 18.1. The van der Waals surface area contributed by atoms with Gasteiger partial charge in [-0.25, -0.2) is 0 Å². The Morgan fingerprint density at radius 2 is 1.55 bits per heavy atom. The van der Waals surface area contributed by atoms with Gasteiger partial charge >= 0.3 is 0 Å². The Hall–Kier alpha value is -0.120. The molecule has 3 saturated heterocycles. The number of piperidine rings is 1. The second-order valence-corrected chi connectivity index (χ2v) is 7.50. The maximum atomic E-state index is 2.76. The summed E-state index contributed by atoms with van der Waals surface area (Å²) in [4.78, 5) is 7.89. The van der Waals surface area contributed by atoms with Crippen LogP contribution in [0.4, 0.5) is 0 Å². The van der Waals surface area contributed by atoms with Crippen molar-refractivity contribution in [2.45, 2.75) is 46.6 Å². The normalized spacial score (nSPS) is 27.9. The molecular formula is C17H35N3. The second kappa shape index (κ2) is 6.76. The van der Waals surface area contributed by atoms with Gasteiger partial charge in [0.1, 0.15) is 0 Å². The van der Waals surface area contributed by atoms with Gasteiger partial charge < -0.3 is 9.80 Å². The molecule has 3 aliphatic rings. The highest BCUT2D eigenvalue weighted by molar-refractivity contribution is 5.06. The lowest BCUT2D eigenvalue weighted by Gasteiger charge is -2.62. The third-order valence-electron chi connectivity index (χ3n) is 4.98. The molecule has 3 nitrogen and oxygen atoms in total. The van der Waals surface area contributed by atoms with Crippen molar-refractivity contribution in [2.75, 3.05) is 52.9 Å². The Balaban J connectivity index is 0.000000704. The Bertz CT molecular complexity index is 281. The number of hydrogen-bond donors (Lipinski definition) is 0. The van der Waals surface area contributed by atoms with Gasteiger partial charge in [-0.1, -0.05) is 27.7 Å². The molecule has 0 bridgehead atoms. The molecule has 3 aliphatic heterocycles. The number of rotatable bonds is 3. The Morgan fingerprint density at radius 3 is 2.00 bits per heavy atom. The molecule has 3 fully saturated rings. The maximum Gasteiger partial charge on any atom is 0.0212 e. The fourth-order valence-corrected chi connectivity index (χ4v) is 4.36. The summed E-state index contributed by atoms with van der Waals surface area (Å²) in [6.07, 6.45) is 2.80. The topological polar surface area (TPSA) is 9.72 Å². The monoisotopic (exact) mass is 281 g/mol. The smallest absolute Gasteiger partial charge is 0.0212 e. The van der Waals surface area contributed by atoms with Gasteiger partial charge in [0.25, 0.3) is 0 Å². The van der Waals surface area contributed by atoms with E-state index in [-0.39, 0.29) is 0 Å². The Morgan fingerprint density at radius 1 is 1.00 bits per heavy atom. The first-order valence-electron chi connectivity index (χ1n) is 8.71. The zero-order valence-corrected chi connectivity index (χ0v) is 14.4. The fourth-order valence-electron chi connectivity index (χ4n) is 4.36. The molecule has 0 aromatic carbocycles. The lowest BCUT2D eigenvalue weighted by atomic mass is 9.72. The second-order valence-electron chi connectivity index (χ2n) is 7.50. The zero-order chi connectivity index (χ0) is 14.8. The van der Waals surface area contributed by atoms with Crippen molar-refractivity contribution in [1.29, 1.82) is 0 Å². The van der Waals surface area contributed by atoms with E-state index < -0.39 is 0 Å². The van der Waals surface area contributed by atoms with Crippen LogP contribution in [0.25, 0.3) is 0 Å².